The van der Waals surface area contributed by atoms with Gasteiger partial charge in [-0.3, -0.25) is 0 Å². The number of rotatable bonds is 9. The van der Waals surface area contributed by atoms with Gasteiger partial charge in [0.1, 0.15) is 0 Å². The maximum Gasteiger partial charge on any atom is 0.0613 e. The van der Waals surface area contributed by atoms with Crippen LogP contribution >= 0.6 is 0 Å². The number of hydrogen-bond donors (Lipinski definition) is 3. The molecule has 14 heavy (non-hydrogen) atoms. The second kappa shape index (κ2) is 8.21. The molecule has 0 spiro atoms. The van der Waals surface area contributed by atoms with Crippen molar-refractivity contribution in [2.45, 2.75) is 51.5 Å². The van der Waals surface area contributed by atoms with Gasteiger partial charge in [0.05, 0.1) is 6.61 Å². The number of hydrogen-bond acceptors (Lipinski definition) is 3. The highest BCUT2D eigenvalue weighted by molar-refractivity contribution is 4.84. The monoisotopic (exact) mass is 203 g/mol. The van der Waals surface area contributed by atoms with Crippen molar-refractivity contribution in [3.05, 3.63) is 0 Å². The van der Waals surface area contributed by atoms with Crippen LogP contribution in [-0.2, 0) is 0 Å². The highest BCUT2D eigenvalue weighted by Gasteiger charge is 2.23. The maximum atomic E-state index is 9.28. The molecule has 0 saturated carbocycles. The summed E-state index contributed by atoms with van der Waals surface area (Å²) >= 11 is 0. The lowest BCUT2D eigenvalue weighted by Gasteiger charge is -2.31. The molecule has 0 rings (SSSR count). The van der Waals surface area contributed by atoms with E-state index in [-0.39, 0.29) is 18.8 Å². The third-order valence-corrected chi connectivity index (χ3v) is 2.99. The average Bonchev–Trinajstić information content (AvgIpc) is 2.24. The fourth-order valence-corrected chi connectivity index (χ4v) is 1.55. The van der Waals surface area contributed by atoms with E-state index in [0.29, 0.717) is 0 Å². The highest BCUT2D eigenvalue weighted by Crippen LogP contribution is 2.13. The van der Waals surface area contributed by atoms with Crippen molar-refractivity contribution in [2.24, 2.45) is 0 Å². The van der Waals surface area contributed by atoms with Gasteiger partial charge < -0.3 is 15.5 Å². The molecular weight excluding hydrogens is 178 g/mol. The lowest BCUT2D eigenvalue weighted by atomic mass is 9.94. The standard InChI is InChI=1S/C11H25NO2/c1-3-11(4-2,10-14)12-8-6-5-7-9-13/h12-14H,3-10H2,1-2H3. The van der Waals surface area contributed by atoms with Crippen molar-refractivity contribution >= 4 is 0 Å². The summed E-state index contributed by atoms with van der Waals surface area (Å²) < 4.78 is 0. The molecular formula is C11H25NO2. The minimum atomic E-state index is -0.0841. The zero-order chi connectivity index (χ0) is 10.9. The summed E-state index contributed by atoms with van der Waals surface area (Å²) in [7, 11) is 0. The Hall–Kier alpha value is -0.120. The first-order valence-corrected chi connectivity index (χ1v) is 5.71. The van der Waals surface area contributed by atoms with Crippen molar-refractivity contribution in [1.29, 1.82) is 0 Å². The third kappa shape index (κ3) is 4.94. The van der Waals surface area contributed by atoms with Crippen LogP contribution in [0.15, 0.2) is 0 Å². The van der Waals surface area contributed by atoms with E-state index in [1.165, 1.54) is 0 Å². The zero-order valence-electron chi connectivity index (χ0n) is 9.55. The molecule has 3 nitrogen and oxygen atoms in total. The largest absolute Gasteiger partial charge is 0.396 e. The Morgan fingerprint density at radius 2 is 1.64 bits per heavy atom. The molecule has 0 aliphatic heterocycles. The molecule has 0 fully saturated rings. The lowest BCUT2D eigenvalue weighted by Crippen LogP contribution is -2.47. The van der Waals surface area contributed by atoms with Gasteiger partial charge in [-0.1, -0.05) is 13.8 Å². The minimum absolute atomic E-state index is 0.0841. The van der Waals surface area contributed by atoms with Crippen LogP contribution < -0.4 is 5.32 Å². The Bertz CT molecular complexity index is 116. The van der Waals surface area contributed by atoms with E-state index in [9.17, 15) is 5.11 Å². The smallest absolute Gasteiger partial charge is 0.0613 e. The van der Waals surface area contributed by atoms with Crippen LogP contribution in [-0.4, -0.2) is 35.5 Å². The summed E-state index contributed by atoms with van der Waals surface area (Å²) in [5, 5.41) is 21.3. The van der Waals surface area contributed by atoms with Crippen molar-refractivity contribution in [1.82, 2.24) is 5.32 Å². The first kappa shape index (κ1) is 13.9. The van der Waals surface area contributed by atoms with E-state index in [0.717, 1.165) is 38.6 Å². The summed E-state index contributed by atoms with van der Waals surface area (Å²) in [4.78, 5) is 0. The molecule has 86 valence electrons. The van der Waals surface area contributed by atoms with Gasteiger partial charge >= 0.3 is 0 Å². The molecule has 0 aromatic heterocycles. The molecule has 0 aliphatic rings. The van der Waals surface area contributed by atoms with Crippen molar-refractivity contribution in [3.8, 4) is 0 Å². The fourth-order valence-electron chi connectivity index (χ4n) is 1.55. The summed E-state index contributed by atoms with van der Waals surface area (Å²) in [6.45, 7) is 5.62. The van der Waals surface area contributed by atoms with Crippen LogP contribution in [0, 0.1) is 0 Å². The first-order valence-electron chi connectivity index (χ1n) is 5.71. The number of unbranched alkanes of at least 4 members (excludes halogenated alkanes) is 2. The molecule has 0 aliphatic carbocycles. The predicted octanol–water partition coefficient (Wildman–Crippen LogP) is 1.29. The van der Waals surface area contributed by atoms with Gasteiger partial charge in [0.2, 0.25) is 0 Å². The van der Waals surface area contributed by atoms with Gasteiger partial charge in [0.15, 0.2) is 0 Å². The normalized spacial score (nSPS) is 12.0. The molecule has 0 amide bonds. The third-order valence-electron chi connectivity index (χ3n) is 2.99. The molecule has 0 bridgehead atoms. The molecule has 0 unspecified atom stereocenters. The van der Waals surface area contributed by atoms with Crippen LogP contribution in [0.3, 0.4) is 0 Å². The van der Waals surface area contributed by atoms with E-state index in [2.05, 4.69) is 19.2 Å². The predicted molar refractivity (Wildman–Crippen MR) is 59.3 cm³/mol. The van der Waals surface area contributed by atoms with E-state index >= 15 is 0 Å². The first-order chi connectivity index (χ1) is 6.74. The number of aliphatic hydroxyl groups excluding tert-OH is 2. The van der Waals surface area contributed by atoms with Crippen LogP contribution in [0.5, 0.6) is 0 Å². The maximum absolute atomic E-state index is 9.28. The van der Waals surface area contributed by atoms with Crippen LogP contribution in [0.25, 0.3) is 0 Å². The second-order valence-electron chi connectivity index (χ2n) is 3.86. The van der Waals surface area contributed by atoms with Crippen molar-refractivity contribution in [3.63, 3.8) is 0 Å². The SMILES string of the molecule is CCC(CC)(CO)NCCCCCO. The average molecular weight is 203 g/mol. The van der Waals surface area contributed by atoms with Gasteiger partial charge in [-0.2, -0.15) is 0 Å². The number of aliphatic hydroxyl groups is 2. The molecule has 0 aromatic rings. The molecule has 0 radical (unpaired) electrons. The Balaban J connectivity index is 3.61. The highest BCUT2D eigenvalue weighted by atomic mass is 16.3. The van der Waals surface area contributed by atoms with E-state index in [4.69, 9.17) is 5.11 Å². The zero-order valence-corrected chi connectivity index (χ0v) is 9.55. The summed E-state index contributed by atoms with van der Waals surface area (Å²) in [5.74, 6) is 0. The fraction of sp³-hybridized carbons (Fsp3) is 1.00. The second-order valence-corrected chi connectivity index (χ2v) is 3.86. The molecule has 0 heterocycles. The van der Waals surface area contributed by atoms with Crippen LogP contribution in [0.4, 0.5) is 0 Å². The summed E-state index contributed by atoms with van der Waals surface area (Å²) in [6, 6.07) is 0. The van der Waals surface area contributed by atoms with Gasteiger partial charge in [0.25, 0.3) is 0 Å². The lowest BCUT2D eigenvalue weighted by molar-refractivity contribution is 0.150. The minimum Gasteiger partial charge on any atom is -0.396 e. The van der Waals surface area contributed by atoms with Gasteiger partial charge in [-0.15, -0.1) is 0 Å². The van der Waals surface area contributed by atoms with E-state index in [1.807, 2.05) is 0 Å². The molecule has 0 saturated heterocycles. The Labute approximate surface area is 87.5 Å². The number of nitrogens with one attached hydrogen (secondary N) is 1. The van der Waals surface area contributed by atoms with Crippen LogP contribution in [0.2, 0.25) is 0 Å². The van der Waals surface area contributed by atoms with Gasteiger partial charge in [-0.05, 0) is 38.6 Å². The summed E-state index contributed by atoms with van der Waals surface area (Å²) in [5.41, 5.74) is -0.0841. The molecule has 0 atom stereocenters. The topological polar surface area (TPSA) is 52.5 Å². The Kier molecular flexibility index (Phi) is 8.14. The summed E-state index contributed by atoms with van der Waals surface area (Å²) in [6.07, 6.45) is 4.92. The Morgan fingerprint density at radius 3 is 2.07 bits per heavy atom. The van der Waals surface area contributed by atoms with E-state index < -0.39 is 0 Å². The van der Waals surface area contributed by atoms with E-state index in [1.54, 1.807) is 0 Å². The molecule has 3 N–H and O–H groups in total. The molecule has 0 aromatic carbocycles. The van der Waals surface area contributed by atoms with Crippen molar-refractivity contribution in [2.75, 3.05) is 19.8 Å². The van der Waals surface area contributed by atoms with Crippen molar-refractivity contribution < 1.29 is 10.2 Å². The molecule has 3 heteroatoms. The van der Waals surface area contributed by atoms with Gasteiger partial charge in [0, 0.05) is 12.1 Å². The van der Waals surface area contributed by atoms with Crippen LogP contribution in [0.1, 0.15) is 46.0 Å². The Morgan fingerprint density at radius 1 is 1.00 bits per heavy atom. The van der Waals surface area contributed by atoms with Gasteiger partial charge in [-0.25, -0.2) is 0 Å². The quantitative estimate of drug-likeness (QED) is 0.495.